The molecule has 0 aromatic heterocycles. The molecule has 0 spiro atoms. The first-order valence-corrected chi connectivity index (χ1v) is 6.63. The fourth-order valence-corrected chi connectivity index (χ4v) is 2.05. The molecule has 0 aliphatic heterocycles. The Hall–Kier alpha value is -0.320. The highest BCUT2D eigenvalue weighted by atomic mass is 35.5. The van der Waals surface area contributed by atoms with E-state index >= 15 is 0 Å². The van der Waals surface area contributed by atoms with Crippen molar-refractivity contribution in [3.63, 3.8) is 0 Å². The number of hydrogen-bond donors (Lipinski definition) is 1. The number of rotatable bonds is 7. The van der Waals surface area contributed by atoms with Gasteiger partial charge in [-0.1, -0.05) is 36.2 Å². The van der Waals surface area contributed by atoms with Gasteiger partial charge in [-0.05, 0) is 30.7 Å². The van der Waals surface area contributed by atoms with Crippen molar-refractivity contribution < 1.29 is 9.47 Å². The summed E-state index contributed by atoms with van der Waals surface area (Å²) in [4.78, 5) is 0. The summed E-state index contributed by atoms with van der Waals surface area (Å²) >= 11 is 12.0. The third-order valence-corrected chi connectivity index (χ3v) is 3.39. The van der Waals surface area contributed by atoms with Gasteiger partial charge in [0.2, 0.25) is 0 Å². The van der Waals surface area contributed by atoms with Crippen molar-refractivity contribution in [2.24, 2.45) is 0 Å². The van der Waals surface area contributed by atoms with Gasteiger partial charge < -0.3 is 14.8 Å². The van der Waals surface area contributed by atoms with Crippen molar-refractivity contribution in [1.82, 2.24) is 5.32 Å². The lowest BCUT2D eigenvalue weighted by Gasteiger charge is -2.26. The van der Waals surface area contributed by atoms with Crippen LogP contribution in [0.1, 0.15) is 24.9 Å². The molecule has 1 rings (SSSR count). The summed E-state index contributed by atoms with van der Waals surface area (Å²) in [5, 5.41) is 4.46. The zero-order valence-electron chi connectivity index (χ0n) is 10.9. The Morgan fingerprint density at radius 2 is 1.83 bits per heavy atom. The monoisotopic (exact) mass is 291 g/mol. The van der Waals surface area contributed by atoms with Crippen LogP contribution in [0.25, 0.3) is 0 Å². The van der Waals surface area contributed by atoms with Crippen molar-refractivity contribution in [2.75, 3.05) is 20.8 Å². The summed E-state index contributed by atoms with van der Waals surface area (Å²) in [6.07, 6.45) is 0.659. The Balaban J connectivity index is 2.96. The molecular weight excluding hydrogens is 273 g/mol. The zero-order chi connectivity index (χ0) is 13.5. The van der Waals surface area contributed by atoms with Gasteiger partial charge in [0.15, 0.2) is 6.29 Å². The third kappa shape index (κ3) is 4.11. The zero-order valence-corrected chi connectivity index (χ0v) is 12.4. The molecule has 0 radical (unpaired) electrons. The van der Waals surface area contributed by atoms with Gasteiger partial charge >= 0.3 is 0 Å². The predicted octanol–water partition coefficient (Wildman–Crippen LogP) is 3.65. The lowest BCUT2D eigenvalue weighted by atomic mass is 10.1. The van der Waals surface area contributed by atoms with E-state index in [9.17, 15) is 0 Å². The van der Waals surface area contributed by atoms with Crippen LogP contribution in [0.3, 0.4) is 0 Å². The van der Waals surface area contributed by atoms with Crippen LogP contribution in [0.15, 0.2) is 18.2 Å². The maximum atomic E-state index is 6.04. The molecule has 0 bridgehead atoms. The fourth-order valence-electron chi connectivity index (χ4n) is 1.75. The summed E-state index contributed by atoms with van der Waals surface area (Å²) in [6.45, 7) is 2.97. The Bertz CT molecular complexity index is 370. The largest absolute Gasteiger partial charge is 0.354 e. The molecule has 5 heteroatoms. The van der Waals surface area contributed by atoms with E-state index in [2.05, 4.69) is 12.2 Å². The minimum Gasteiger partial charge on any atom is -0.354 e. The van der Waals surface area contributed by atoms with Gasteiger partial charge in [-0.3, -0.25) is 0 Å². The number of halogens is 2. The lowest BCUT2D eigenvalue weighted by molar-refractivity contribution is -0.124. The van der Waals surface area contributed by atoms with Crippen molar-refractivity contribution in [3.05, 3.63) is 33.8 Å². The topological polar surface area (TPSA) is 30.5 Å². The van der Waals surface area contributed by atoms with Gasteiger partial charge in [0.1, 0.15) is 0 Å². The van der Waals surface area contributed by atoms with Gasteiger partial charge in [0, 0.05) is 14.2 Å². The quantitative estimate of drug-likeness (QED) is 0.778. The van der Waals surface area contributed by atoms with Crippen LogP contribution in [-0.2, 0) is 9.47 Å². The minimum absolute atomic E-state index is 0.0743. The standard InChI is InChI=1S/C13H19Cl2NO2/c1-4-7-16-12(13(17-2)18-3)9-5-6-10(14)11(15)8-9/h5-6,8,12-13,16H,4,7H2,1-3H3. The molecule has 0 amide bonds. The Kier molecular flexibility index (Phi) is 6.97. The molecule has 0 saturated heterocycles. The first kappa shape index (κ1) is 15.7. The van der Waals surface area contributed by atoms with E-state index in [1.807, 2.05) is 12.1 Å². The average molecular weight is 292 g/mol. The molecule has 0 fully saturated rings. The molecule has 18 heavy (non-hydrogen) atoms. The molecule has 1 aromatic carbocycles. The third-order valence-electron chi connectivity index (χ3n) is 2.65. The minimum atomic E-state index is -0.367. The van der Waals surface area contributed by atoms with E-state index in [1.165, 1.54) is 0 Å². The Labute approximate surface area is 118 Å². The second-order valence-electron chi connectivity index (χ2n) is 3.95. The summed E-state index contributed by atoms with van der Waals surface area (Å²) in [5.74, 6) is 0. The van der Waals surface area contributed by atoms with Crippen LogP contribution >= 0.6 is 23.2 Å². The molecular formula is C13H19Cl2NO2. The fraction of sp³-hybridized carbons (Fsp3) is 0.538. The second kappa shape index (κ2) is 7.97. The van der Waals surface area contributed by atoms with Gasteiger partial charge in [0.05, 0.1) is 16.1 Å². The van der Waals surface area contributed by atoms with Crippen LogP contribution in [0, 0.1) is 0 Å². The van der Waals surface area contributed by atoms with Crippen LogP contribution in [-0.4, -0.2) is 27.1 Å². The molecule has 0 heterocycles. The van der Waals surface area contributed by atoms with Gasteiger partial charge in [-0.2, -0.15) is 0 Å². The van der Waals surface area contributed by atoms with E-state index in [0.717, 1.165) is 18.5 Å². The van der Waals surface area contributed by atoms with E-state index in [-0.39, 0.29) is 12.3 Å². The molecule has 0 aliphatic carbocycles. The van der Waals surface area contributed by atoms with Crippen molar-refractivity contribution in [1.29, 1.82) is 0 Å². The highest BCUT2D eigenvalue weighted by Gasteiger charge is 2.22. The summed E-state index contributed by atoms with van der Waals surface area (Å²) in [7, 11) is 3.23. The van der Waals surface area contributed by atoms with Crippen LogP contribution in [0.4, 0.5) is 0 Å². The SMILES string of the molecule is CCCNC(c1ccc(Cl)c(Cl)c1)C(OC)OC. The van der Waals surface area contributed by atoms with Gasteiger partial charge in [-0.25, -0.2) is 0 Å². The van der Waals surface area contributed by atoms with Crippen LogP contribution in [0.5, 0.6) is 0 Å². The molecule has 102 valence electrons. The molecule has 3 nitrogen and oxygen atoms in total. The van der Waals surface area contributed by atoms with E-state index in [0.29, 0.717) is 10.0 Å². The summed E-state index contributed by atoms with van der Waals surface area (Å²) in [5.41, 5.74) is 0.992. The number of hydrogen-bond acceptors (Lipinski definition) is 3. The van der Waals surface area contributed by atoms with Crippen molar-refractivity contribution in [3.8, 4) is 0 Å². The average Bonchev–Trinajstić information content (AvgIpc) is 2.38. The molecule has 1 aromatic rings. The first-order chi connectivity index (χ1) is 8.63. The molecule has 1 unspecified atom stereocenters. The lowest BCUT2D eigenvalue weighted by Crippen LogP contribution is -2.35. The van der Waals surface area contributed by atoms with E-state index < -0.39 is 0 Å². The number of benzene rings is 1. The van der Waals surface area contributed by atoms with Crippen LogP contribution in [0.2, 0.25) is 10.0 Å². The second-order valence-corrected chi connectivity index (χ2v) is 4.76. The van der Waals surface area contributed by atoms with Crippen molar-refractivity contribution in [2.45, 2.75) is 25.7 Å². The normalized spacial score (nSPS) is 13.0. The molecule has 0 aliphatic rings. The maximum absolute atomic E-state index is 6.04. The van der Waals surface area contributed by atoms with E-state index in [1.54, 1.807) is 20.3 Å². The molecule has 1 atom stereocenters. The maximum Gasteiger partial charge on any atom is 0.176 e. The summed E-state index contributed by atoms with van der Waals surface area (Å²) in [6, 6.07) is 5.46. The highest BCUT2D eigenvalue weighted by Crippen LogP contribution is 2.28. The highest BCUT2D eigenvalue weighted by molar-refractivity contribution is 6.42. The van der Waals surface area contributed by atoms with Gasteiger partial charge in [0.25, 0.3) is 0 Å². The Morgan fingerprint density at radius 1 is 1.17 bits per heavy atom. The number of nitrogens with one attached hydrogen (secondary N) is 1. The van der Waals surface area contributed by atoms with Crippen molar-refractivity contribution >= 4 is 23.2 Å². The van der Waals surface area contributed by atoms with Crippen LogP contribution < -0.4 is 5.32 Å². The Morgan fingerprint density at radius 3 is 2.33 bits per heavy atom. The number of methoxy groups -OCH3 is 2. The van der Waals surface area contributed by atoms with E-state index in [4.69, 9.17) is 32.7 Å². The summed E-state index contributed by atoms with van der Waals surface area (Å²) < 4.78 is 10.6. The van der Waals surface area contributed by atoms with Gasteiger partial charge in [-0.15, -0.1) is 0 Å². The first-order valence-electron chi connectivity index (χ1n) is 5.88. The number of ether oxygens (including phenoxy) is 2. The predicted molar refractivity (Wildman–Crippen MR) is 75.3 cm³/mol. The smallest absolute Gasteiger partial charge is 0.176 e. The molecule has 1 N–H and O–H groups in total. The molecule has 0 saturated carbocycles.